The maximum Gasteiger partial charge on any atom is 0.416 e. The number of nitrogens with one attached hydrogen (secondary N) is 1. The van der Waals surface area contributed by atoms with Gasteiger partial charge in [-0.3, -0.25) is 4.72 Å². The fourth-order valence-corrected chi connectivity index (χ4v) is 4.66. The minimum absolute atomic E-state index is 0.281. The molecule has 0 amide bonds. The van der Waals surface area contributed by atoms with Crippen molar-refractivity contribution < 1.29 is 31.5 Å². The van der Waals surface area contributed by atoms with Gasteiger partial charge in [0.2, 0.25) is 0 Å². The van der Waals surface area contributed by atoms with E-state index in [1.165, 1.54) is 29.5 Å². The molecular weight excluding hydrogens is 451 g/mol. The van der Waals surface area contributed by atoms with Crippen LogP contribution in [0.2, 0.25) is 5.02 Å². The summed E-state index contributed by atoms with van der Waals surface area (Å²) < 4.78 is 66.4. The number of benzene rings is 2. The van der Waals surface area contributed by atoms with Gasteiger partial charge in [-0.2, -0.15) is 13.2 Å². The van der Waals surface area contributed by atoms with Crippen LogP contribution < -0.4 is 4.72 Å². The molecule has 3 rings (SSSR count). The molecule has 0 aliphatic heterocycles. The summed E-state index contributed by atoms with van der Waals surface area (Å²) >= 11 is 7.01. The fourth-order valence-electron chi connectivity index (χ4n) is 2.50. The maximum atomic E-state index is 13.0. The van der Waals surface area contributed by atoms with Gasteiger partial charge in [-0.25, -0.2) is 13.2 Å². The number of carboxylic acid groups (broad SMARTS) is 1. The number of rotatable bonds is 5. The van der Waals surface area contributed by atoms with Crippen LogP contribution in [0.25, 0.3) is 10.4 Å². The molecule has 0 fully saturated rings. The van der Waals surface area contributed by atoms with E-state index in [2.05, 4.69) is 4.72 Å². The SMILES string of the molecule is O=C(O)c1ccc(-c2cccs2)cc1NS(=O)(=O)c1cc(Cl)cc(C(F)(F)F)c1. The molecule has 1 aromatic heterocycles. The number of aromatic carboxylic acids is 1. The Morgan fingerprint density at radius 2 is 1.83 bits per heavy atom. The van der Waals surface area contributed by atoms with E-state index in [0.29, 0.717) is 17.7 Å². The third-order valence-corrected chi connectivity index (χ3v) is 6.29. The van der Waals surface area contributed by atoms with E-state index in [9.17, 15) is 31.5 Å². The molecule has 152 valence electrons. The van der Waals surface area contributed by atoms with Gasteiger partial charge in [-0.1, -0.05) is 23.7 Å². The van der Waals surface area contributed by atoms with E-state index >= 15 is 0 Å². The van der Waals surface area contributed by atoms with E-state index in [1.54, 1.807) is 17.5 Å². The summed E-state index contributed by atoms with van der Waals surface area (Å²) in [5.74, 6) is -1.40. The van der Waals surface area contributed by atoms with Gasteiger partial charge in [0.25, 0.3) is 10.0 Å². The highest BCUT2D eigenvalue weighted by atomic mass is 35.5. The predicted octanol–water partition coefficient (Wildman–Crippen LogP) is 5.59. The second-order valence-electron chi connectivity index (χ2n) is 5.82. The Labute approximate surface area is 172 Å². The monoisotopic (exact) mass is 461 g/mol. The van der Waals surface area contributed by atoms with Gasteiger partial charge in [0.1, 0.15) is 0 Å². The topological polar surface area (TPSA) is 83.5 Å². The number of halogens is 4. The normalized spacial score (nSPS) is 12.0. The summed E-state index contributed by atoms with van der Waals surface area (Å²) in [5.41, 5.74) is -1.33. The number of carbonyl (C=O) groups is 1. The molecule has 0 spiro atoms. The van der Waals surface area contributed by atoms with E-state index in [-0.39, 0.29) is 11.3 Å². The standard InChI is InChI=1S/C18H11ClF3NO4S2/c19-12-7-11(18(20,21)22)8-13(9-12)29(26,27)23-15-6-10(16-2-1-5-28-16)3-4-14(15)17(24)25/h1-9,23H,(H,24,25). The maximum absolute atomic E-state index is 13.0. The van der Waals surface area contributed by atoms with E-state index in [4.69, 9.17) is 11.6 Å². The predicted molar refractivity (Wildman–Crippen MR) is 104 cm³/mol. The van der Waals surface area contributed by atoms with Crippen molar-refractivity contribution in [2.45, 2.75) is 11.1 Å². The number of sulfonamides is 1. The zero-order chi connectivity index (χ0) is 21.4. The first kappa shape index (κ1) is 21.2. The molecule has 29 heavy (non-hydrogen) atoms. The van der Waals surface area contributed by atoms with Crippen molar-refractivity contribution in [3.8, 4) is 10.4 Å². The van der Waals surface area contributed by atoms with Crippen molar-refractivity contribution in [1.29, 1.82) is 0 Å². The Kier molecular flexibility index (Phi) is 5.61. The first-order valence-electron chi connectivity index (χ1n) is 7.79. The molecule has 0 saturated heterocycles. The zero-order valence-electron chi connectivity index (χ0n) is 14.2. The third-order valence-electron chi connectivity index (χ3n) is 3.81. The summed E-state index contributed by atoms with van der Waals surface area (Å²) in [4.78, 5) is 11.5. The zero-order valence-corrected chi connectivity index (χ0v) is 16.6. The van der Waals surface area contributed by atoms with Crippen molar-refractivity contribution >= 4 is 44.6 Å². The molecule has 0 bridgehead atoms. The van der Waals surface area contributed by atoms with E-state index in [0.717, 1.165) is 10.9 Å². The number of thiophene rings is 1. The second kappa shape index (κ2) is 7.69. The second-order valence-corrected chi connectivity index (χ2v) is 8.89. The molecule has 0 aliphatic rings. The van der Waals surface area contributed by atoms with E-state index < -0.39 is 37.7 Å². The number of hydrogen-bond donors (Lipinski definition) is 2. The molecule has 2 aromatic carbocycles. The molecule has 0 saturated carbocycles. The fraction of sp³-hybridized carbons (Fsp3) is 0.0556. The highest BCUT2D eigenvalue weighted by Gasteiger charge is 2.32. The molecule has 2 N–H and O–H groups in total. The highest BCUT2D eigenvalue weighted by molar-refractivity contribution is 7.92. The summed E-state index contributed by atoms with van der Waals surface area (Å²) in [6.07, 6.45) is -4.81. The quantitative estimate of drug-likeness (QED) is 0.519. The minimum atomic E-state index is -4.81. The van der Waals surface area contributed by atoms with Crippen LogP contribution >= 0.6 is 22.9 Å². The van der Waals surface area contributed by atoms with Gasteiger partial charge >= 0.3 is 12.1 Å². The average Bonchev–Trinajstić information content (AvgIpc) is 3.14. The number of alkyl halides is 3. The first-order chi connectivity index (χ1) is 13.5. The lowest BCUT2D eigenvalue weighted by Gasteiger charge is -2.14. The van der Waals surface area contributed by atoms with Crippen molar-refractivity contribution in [3.63, 3.8) is 0 Å². The molecular formula is C18H11ClF3NO4S2. The minimum Gasteiger partial charge on any atom is -0.478 e. The van der Waals surface area contributed by atoms with Gasteiger partial charge in [0.15, 0.2) is 0 Å². The van der Waals surface area contributed by atoms with Crippen LogP contribution in [0.15, 0.2) is 58.8 Å². The number of anilines is 1. The highest BCUT2D eigenvalue weighted by Crippen LogP contribution is 2.34. The van der Waals surface area contributed by atoms with Crippen molar-refractivity contribution in [2.24, 2.45) is 0 Å². The van der Waals surface area contributed by atoms with Crippen molar-refractivity contribution in [3.05, 3.63) is 70.1 Å². The van der Waals surface area contributed by atoms with Crippen LogP contribution in [0.3, 0.4) is 0 Å². The molecule has 1 heterocycles. The molecule has 3 aromatic rings. The Hall–Kier alpha value is -2.56. The Bertz CT molecular complexity index is 1180. The van der Waals surface area contributed by atoms with Crippen LogP contribution in [0.5, 0.6) is 0 Å². The smallest absolute Gasteiger partial charge is 0.416 e. The lowest BCUT2D eigenvalue weighted by atomic mass is 10.1. The molecule has 11 heteroatoms. The third kappa shape index (κ3) is 4.72. The van der Waals surface area contributed by atoms with Gasteiger partial charge in [-0.05, 0) is 47.3 Å². The van der Waals surface area contributed by atoms with Gasteiger partial charge in [-0.15, -0.1) is 11.3 Å². The lowest BCUT2D eigenvalue weighted by Crippen LogP contribution is -2.17. The van der Waals surface area contributed by atoms with Crippen LogP contribution in [-0.2, 0) is 16.2 Å². The summed E-state index contributed by atoms with van der Waals surface area (Å²) in [6, 6.07) is 9.43. The summed E-state index contributed by atoms with van der Waals surface area (Å²) in [7, 11) is -4.55. The van der Waals surface area contributed by atoms with Gasteiger partial charge in [0, 0.05) is 9.90 Å². The van der Waals surface area contributed by atoms with Crippen LogP contribution in [0.1, 0.15) is 15.9 Å². The summed E-state index contributed by atoms with van der Waals surface area (Å²) in [5, 5.41) is 10.7. The molecule has 5 nitrogen and oxygen atoms in total. The van der Waals surface area contributed by atoms with Crippen LogP contribution in [-0.4, -0.2) is 19.5 Å². The Morgan fingerprint density at radius 3 is 2.41 bits per heavy atom. The van der Waals surface area contributed by atoms with Crippen molar-refractivity contribution in [1.82, 2.24) is 0 Å². The Balaban J connectivity index is 2.08. The largest absolute Gasteiger partial charge is 0.478 e. The Morgan fingerprint density at radius 1 is 1.10 bits per heavy atom. The molecule has 0 aliphatic carbocycles. The number of hydrogen-bond acceptors (Lipinski definition) is 4. The van der Waals surface area contributed by atoms with Crippen molar-refractivity contribution in [2.75, 3.05) is 4.72 Å². The first-order valence-corrected chi connectivity index (χ1v) is 10.5. The van der Waals surface area contributed by atoms with E-state index in [1.807, 2.05) is 0 Å². The lowest BCUT2D eigenvalue weighted by molar-refractivity contribution is -0.137. The number of carboxylic acids is 1. The average molecular weight is 462 g/mol. The summed E-state index contributed by atoms with van der Waals surface area (Å²) in [6.45, 7) is 0. The molecule has 0 radical (unpaired) electrons. The van der Waals surface area contributed by atoms with Crippen LogP contribution in [0.4, 0.5) is 18.9 Å². The molecule has 0 atom stereocenters. The molecule has 0 unspecified atom stereocenters. The van der Waals surface area contributed by atoms with Gasteiger partial charge in [0.05, 0.1) is 21.7 Å². The van der Waals surface area contributed by atoms with Crippen LogP contribution in [0, 0.1) is 0 Å². The van der Waals surface area contributed by atoms with Gasteiger partial charge < -0.3 is 5.11 Å².